The van der Waals surface area contributed by atoms with Crippen LogP contribution in [0, 0.1) is 10.1 Å². The van der Waals surface area contributed by atoms with Crippen molar-refractivity contribution in [1.82, 2.24) is 4.98 Å². The highest BCUT2D eigenvalue weighted by atomic mass is 79.9. The number of benzene rings is 2. The fourth-order valence-corrected chi connectivity index (χ4v) is 2.98. The lowest BCUT2D eigenvalue weighted by Gasteiger charge is -1.99. The van der Waals surface area contributed by atoms with Gasteiger partial charge in [0.1, 0.15) is 0 Å². The van der Waals surface area contributed by atoms with Crippen molar-refractivity contribution < 1.29 is 4.92 Å². The minimum atomic E-state index is -0.440. The standard InChI is InChI=1S/C16H11BrN4O2S/c17-14-7-6-13(21(22)23)8-12(14)9-18-20-16-19-15(10-24-16)11-4-2-1-3-5-11/h1-10H,(H,19,20). The molecule has 6 nitrogen and oxygen atoms in total. The number of hydrogen-bond acceptors (Lipinski definition) is 6. The van der Waals surface area contributed by atoms with Gasteiger partial charge in [-0.15, -0.1) is 11.3 Å². The van der Waals surface area contributed by atoms with Gasteiger partial charge in [0.2, 0.25) is 5.13 Å². The van der Waals surface area contributed by atoms with Gasteiger partial charge in [0.25, 0.3) is 5.69 Å². The van der Waals surface area contributed by atoms with Crippen molar-refractivity contribution in [2.45, 2.75) is 0 Å². The van der Waals surface area contributed by atoms with E-state index in [2.05, 4.69) is 31.4 Å². The lowest BCUT2D eigenvalue weighted by Crippen LogP contribution is -1.93. The van der Waals surface area contributed by atoms with Gasteiger partial charge in [-0.1, -0.05) is 46.3 Å². The van der Waals surface area contributed by atoms with Crippen LogP contribution in [0.15, 0.2) is 63.5 Å². The molecule has 8 heteroatoms. The van der Waals surface area contributed by atoms with Crippen molar-refractivity contribution in [3.63, 3.8) is 0 Å². The van der Waals surface area contributed by atoms with E-state index in [0.29, 0.717) is 10.7 Å². The Morgan fingerprint density at radius 2 is 2.04 bits per heavy atom. The lowest BCUT2D eigenvalue weighted by molar-refractivity contribution is -0.384. The summed E-state index contributed by atoms with van der Waals surface area (Å²) in [7, 11) is 0. The number of aromatic nitrogens is 1. The molecule has 0 aliphatic carbocycles. The van der Waals surface area contributed by atoms with Crippen LogP contribution in [0.25, 0.3) is 11.3 Å². The summed E-state index contributed by atoms with van der Waals surface area (Å²) in [6.07, 6.45) is 1.51. The van der Waals surface area contributed by atoms with Crippen LogP contribution in [0.4, 0.5) is 10.8 Å². The second kappa shape index (κ2) is 7.33. The van der Waals surface area contributed by atoms with E-state index < -0.39 is 4.92 Å². The van der Waals surface area contributed by atoms with Crippen molar-refractivity contribution in [3.8, 4) is 11.3 Å². The molecule has 0 fully saturated rings. The summed E-state index contributed by atoms with van der Waals surface area (Å²) in [6, 6.07) is 14.4. The number of nitro groups is 1. The Hall–Kier alpha value is -2.58. The Bertz CT molecular complexity index is 896. The highest BCUT2D eigenvalue weighted by molar-refractivity contribution is 9.10. The Kier molecular flexibility index (Phi) is 4.97. The number of nitrogens with zero attached hydrogens (tertiary/aromatic N) is 3. The molecule has 0 aliphatic heterocycles. The zero-order valence-electron chi connectivity index (χ0n) is 12.2. The topological polar surface area (TPSA) is 80.4 Å². The third kappa shape index (κ3) is 3.84. The first-order valence-corrected chi connectivity index (χ1v) is 8.55. The molecule has 0 unspecified atom stereocenters. The highest BCUT2D eigenvalue weighted by Gasteiger charge is 2.08. The van der Waals surface area contributed by atoms with E-state index >= 15 is 0 Å². The summed E-state index contributed by atoms with van der Waals surface area (Å²) in [4.78, 5) is 14.8. The lowest BCUT2D eigenvalue weighted by atomic mass is 10.2. The summed E-state index contributed by atoms with van der Waals surface area (Å²) < 4.78 is 0.725. The van der Waals surface area contributed by atoms with Crippen LogP contribution in [0.2, 0.25) is 0 Å². The number of thiazole rings is 1. The summed E-state index contributed by atoms with van der Waals surface area (Å²) in [5, 5.41) is 17.5. The number of rotatable bonds is 5. The Labute approximate surface area is 150 Å². The SMILES string of the molecule is O=[N+]([O-])c1ccc(Br)c(C=NNc2nc(-c3ccccc3)cs2)c1. The van der Waals surface area contributed by atoms with E-state index in [0.717, 1.165) is 15.7 Å². The van der Waals surface area contributed by atoms with Crippen molar-refractivity contribution >= 4 is 44.3 Å². The van der Waals surface area contributed by atoms with Gasteiger partial charge in [-0.25, -0.2) is 4.98 Å². The Balaban J connectivity index is 1.72. The number of nitrogens with one attached hydrogen (secondary N) is 1. The largest absolute Gasteiger partial charge is 0.270 e. The maximum Gasteiger partial charge on any atom is 0.270 e. The third-order valence-corrected chi connectivity index (χ3v) is 4.60. The molecule has 0 atom stereocenters. The van der Waals surface area contributed by atoms with Gasteiger partial charge in [-0.05, 0) is 6.07 Å². The molecule has 0 radical (unpaired) electrons. The number of non-ortho nitro benzene ring substituents is 1. The molecule has 120 valence electrons. The van der Waals surface area contributed by atoms with Crippen molar-refractivity contribution in [2.24, 2.45) is 5.10 Å². The monoisotopic (exact) mass is 402 g/mol. The van der Waals surface area contributed by atoms with Crippen LogP contribution in [0.3, 0.4) is 0 Å². The summed E-state index contributed by atoms with van der Waals surface area (Å²) in [5.74, 6) is 0. The van der Waals surface area contributed by atoms with Crippen molar-refractivity contribution in [1.29, 1.82) is 0 Å². The first-order chi connectivity index (χ1) is 11.6. The first-order valence-electron chi connectivity index (χ1n) is 6.87. The van der Waals surface area contributed by atoms with E-state index in [4.69, 9.17) is 0 Å². The van der Waals surface area contributed by atoms with E-state index in [9.17, 15) is 10.1 Å². The predicted octanol–water partition coefficient (Wildman–Crippen LogP) is 4.93. The molecule has 0 bridgehead atoms. The molecule has 0 spiro atoms. The second-order valence-electron chi connectivity index (χ2n) is 4.74. The fraction of sp³-hybridized carbons (Fsp3) is 0. The number of hydrazone groups is 1. The van der Waals surface area contributed by atoms with Crippen molar-refractivity contribution in [3.05, 3.63) is 74.1 Å². The molecule has 0 saturated carbocycles. The number of hydrogen-bond donors (Lipinski definition) is 1. The van der Waals surface area contributed by atoms with E-state index in [1.807, 2.05) is 35.7 Å². The average Bonchev–Trinajstić information content (AvgIpc) is 3.06. The van der Waals surface area contributed by atoms with Crippen LogP contribution in [-0.4, -0.2) is 16.1 Å². The van der Waals surface area contributed by atoms with E-state index in [1.165, 1.54) is 29.7 Å². The molecule has 0 saturated heterocycles. The van der Waals surface area contributed by atoms with E-state index in [1.54, 1.807) is 6.07 Å². The fourth-order valence-electron chi connectivity index (χ4n) is 1.97. The molecule has 1 N–H and O–H groups in total. The Morgan fingerprint density at radius 3 is 2.79 bits per heavy atom. The number of anilines is 1. The van der Waals surface area contributed by atoms with Crippen molar-refractivity contribution in [2.75, 3.05) is 5.43 Å². The zero-order valence-corrected chi connectivity index (χ0v) is 14.6. The molecular weight excluding hydrogens is 392 g/mol. The van der Waals surface area contributed by atoms with Gasteiger partial charge in [0.15, 0.2) is 0 Å². The maximum absolute atomic E-state index is 10.8. The normalized spacial score (nSPS) is 10.9. The van der Waals surface area contributed by atoms with Crippen LogP contribution < -0.4 is 5.43 Å². The van der Waals surface area contributed by atoms with Crippen LogP contribution >= 0.6 is 27.3 Å². The third-order valence-electron chi connectivity index (χ3n) is 3.13. The molecule has 24 heavy (non-hydrogen) atoms. The maximum atomic E-state index is 10.8. The van der Waals surface area contributed by atoms with Crippen LogP contribution in [-0.2, 0) is 0 Å². The van der Waals surface area contributed by atoms with Gasteiger partial charge in [0, 0.05) is 33.1 Å². The molecule has 1 heterocycles. The minimum Gasteiger partial charge on any atom is -0.258 e. The van der Waals surface area contributed by atoms with Gasteiger partial charge in [-0.3, -0.25) is 15.5 Å². The summed E-state index contributed by atoms with van der Waals surface area (Å²) >= 11 is 4.78. The number of nitro benzene ring substituents is 1. The van der Waals surface area contributed by atoms with Gasteiger partial charge in [0.05, 0.1) is 16.8 Å². The molecule has 0 aliphatic rings. The van der Waals surface area contributed by atoms with Crippen LogP contribution in [0.5, 0.6) is 0 Å². The molecular formula is C16H11BrN4O2S. The number of halogens is 1. The molecule has 1 aromatic heterocycles. The Morgan fingerprint density at radius 1 is 1.25 bits per heavy atom. The molecule has 3 aromatic rings. The summed E-state index contributed by atoms with van der Waals surface area (Å²) in [6.45, 7) is 0. The second-order valence-corrected chi connectivity index (χ2v) is 6.45. The van der Waals surface area contributed by atoms with Gasteiger partial charge in [-0.2, -0.15) is 5.10 Å². The van der Waals surface area contributed by atoms with Gasteiger partial charge >= 0.3 is 0 Å². The zero-order chi connectivity index (χ0) is 16.9. The van der Waals surface area contributed by atoms with Gasteiger partial charge < -0.3 is 0 Å². The average molecular weight is 403 g/mol. The quantitative estimate of drug-likeness (QED) is 0.372. The molecule has 2 aromatic carbocycles. The van der Waals surface area contributed by atoms with E-state index in [-0.39, 0.29) is 5.69 Å². The molecule has 0 amide bonds. The summed E-state index contributed by atoms with van der Waals surface area (Å²) in [5.41, 5.74) is 5.37. The van der Waals surface area contributed by atoms with Crippen LogP contribution in [0.1, 0.15) is 5.56 Å². The highest BCUT2D eigenvalue weighted by Crippen LogP contribution is 2.25. The molecule has 3 rings (SSSR count). The predicted molar refractivity (Wildman–Crippen MR) is 99.6 cm³/mol. The minimum absolute atomic E-state index is 0.0141. The first kappa shape index (κ1) is 16.3. The smallest absolute Gasteiger partial charge is 0.258 e.